The highest BCUT2D eigenvalue weighted by molar-refractivity contribution is 5.76. The van der Waals surface area contributed by atoms with E-state index in [1.54, 1.807) is 6.92 Å². The van der Waals surface area contributed by atoms with Crippen LogP contribution in [0.25, 0.3) is 0 Å². The van der Waals surface area contributed by atoms with Crippen molar-refractivity contribution in [3.05, 3.63) is 17.8 Å². The van der Waals surface area contributed by atoms with Crippen molar-refractivity contribution in [3.8, 4) is 6.07 Å². The molecule has 0 aliphatic rings. The second-order valence-corrected chi connectivity index (χ2v) is 2.93. The van der Waals surface area contributed by atoms with Crippen LogP contribution < -0.4 is 11.1 Å². The summed E-state index contributed by atoms with van der Waals surface area (Å²) in [5.74, 6) is -0.0138. The predicted molar refractivity (Wildman–Crippen MR) is 58.5 cm³/mol. The van der Waals surface area contributed by atoms with Gasteiger partial charge in [0.05, 0.1) is 17.9 Å². The molecule has 0 atom stereocenters. The van der Waals surface area contributed by atoms with Crippen LogP contribution in [0, 0.1) is 11.3 Å². The van der Waals surface area contributed by atoms with E-state index < -0.39 is 0 Å². The third kappa shape index (κ3) is 3.13. The van der Waals surface area contributed by atoms with Crippen LogP contribution in [0.5, 0.6) is 0 Å². The second kappa shape index (κ2) is 5.56. The van der Waals surface area contributed by atoms with Crippen LogP contribution in [0.4, 0.5) is 11.5 Å². The first-order valence-corrected chi connectivity index (χ1v) is 4.72. The van der Waals surface area contributed by atoms with E-state index in [-0.39, 0.29) is 12.5 Å². The number of nitrogen functional groups attached to an aromatic ring is 1. The van der Waals surface area contributed by atoms with Crippen molar-refractivity contribution < 1.29 is 9.53 Å². The molecule has 0 spiro atoms. The minimum Gasteiger partial charge on any atom is -0.465 e. The number of hydrogen-bond acceptors (Lipinski definition) is 6. The number of rotatable bonds is 4. The maximum atomic E-state index is 11.0. The summed E-state index contributed by atoms with van der Waals surface area (Å²) in [4.78, 5) is 15.0. The normalized spacial score (nSPS) is 9.25. The monoisotopic (exact) mass is 220 g/mol. The average molecular weight is 220 g/mol. The zero-order chi connectivity index (χ0) is 12.0. The molecular weight excluding hydrogens is 208 g/mol. The second-order valence-electron chi connectivity index (χ2n) is 2.93. The summed E-state index contributed by atoms with van der Waals surface area (Å²) >= 11 is 0. The van der Waals surface area contributed by atoms with Crippen LogP contribution in [-0.4, -0.2) is 24.1 Å². The Morgan fingerprint density at radius 3 is 3.06 bits per heavy atom. The molecule has 3 N–H and O–H groups in total. The van der Waals surface area contributed by atoms with Gasteiger partial charge in [0.2, 0.25) is 0 Å². The van der Waals surface area contributed by atoms with Crippen molar-refractivity contribution in [1.29, 1.82) is 5.26 Å². The van der Waals surface area contributed by atoms with Gasteiger partial charge in [0.25, 0.3) is 0 Å². The smallest absolute Gasteiger partial charge is 0.325 e. The van der Waals surface area contributed by atoms with Crippen LogP contribution >= 0.6 is 0 Å². The summed E-state index contributed by atoms with van der Waals surface area (Å²) in [6, 6.07) is 3.40. The third-order valence-electron chi connectivity index (χ3n) is 1.75. The number of esters is 1. The molecule has 0 aromatic carbocycles. The fraction of sp³-hybridized carbons (Fsp3) is 0.300. The molecule has 0 aliphatic heterocycles. The number of pyridine rings is 1. The Hall–Kier alpha value is -2.29. The summed E-state index contributed by atoms with van der Waals surface area (Å²) in [5.41, 5.74) is 6.33. The number of nitrogens with one attached hydrogen (secondary N) is 1. The Balaban J connectivity index is 2.62. The lowest BCUT2D eigenvalue weighted by atomic mass is 10.3. The summed E-state index contributed by atoms with van der Waals surface area (Å²) < 4.78 is 4.73. The van der Waals surface area contributed by atoms with Crippen LogP contribution in [0.2, 0.25) is 0 Å². The summed E-state index contributed by atoms with van der Waals surface area (Å²) in [7, 11) is 0. The SMILES string of the molecule is CCOC(=O)CNc1ncc(C#N)cc1N. The number of anilines is 2. The first-order valence-electron chi connectivity index (χ1n) is 4.72. The highest BCUT2D eigenvalue weighted by Crippen LogP contribution is 2.15. The van der Waals surface area contributed by atoms with E-state index in [4.69, 9.17) is 15.7 Å². The third-order valence-corrected chi connectivity index (χ3v) is 1.75. The van der Waals surface area contributed by atoms with Crippen molar-refractivity contribution in [1.82, 2.24) is 4.98 Å². The minimum atomic E-state index is -0.381. The predicted octanol–water partition coefficient (Wildman–Crippen LogP) is 0.510. The first-order chi connectivity index (χ1) is 7.67. The van der Waals surface area contributed by atoms with Crippen molar-refractivity contribution >= 4 is 17.5 Å². The lowest BCUT2D eigenvalue weighted by molar-refractivity contribution is -0.140. The van der Waals surface area contributed by atoms with E-state index in [0.717, 1.165) is 0 Å². The molecule has 0 radical (unpaired) electrons. The molecule has 1 aromatic heterocycles. The average Bonchev–Trinajstić information content (AvgIpc) is 2.27. The number of aromatic nitrogens is 1. The number of nitriles is 1. The Bertz CT molecular complexity index is 425. The minimum absolute atomic E-state index is 0.00304. The van der Waals surface area contributed by atoms with Crippen molar-refractivity contribution in [2.45, 2.75) is 6.92 Å². The molecule has 0 amide bonds. The van der Waals surface area contributed by atoms with Crippen LogP contribution in [0.1, 0.15) is 12.5 Å². The molecule has 6 heteroatoms. The molecule has 0 fully saturated rings. The van der Waals surface area contributed by atoms with Crippen LogP contribution in [-0.2, 0) is 9.53 Å². The van der Waals surface area contributed by atoms with Crippen LogP contribution in [0.3, 0.4) is 0 Å². The lowest BCUT2D eigenvalue weighted by Gasteiger charge is -2.07. The molecule has 1 heterocycles. The zero-order valence-electron chi connectivity index (χ0n) is 8.86. The van der Waals surface area contributed by atoms with Gasteiger partial charge in [-0.1, -0.05) is 0 Å². The van der Waals surface area contributed by atoms with Gasteiger partial charge in [0.15, 0.2) is 0 Å². The van der Waals surface area contributed by atoms with Crippen molar-refractivity contribution in [2.75, 3.05) is 24.2 Å². The molecule has 0 aliphatic carbocycles. The van der Waals surface area contributed by atoms with Crippen LogP contribution in [0.15, 0.2) is 12.3 Å². The first kappa shape index (κ1) is 11.8. The molecular formula is C10H12N4O2. The summed E-state index contributed by atoms with van der Waals surface area (Å²) in [5, 5.41) is 11.3. The molecule has 84 valence electrons. The van der Waals surface area contributed by atoms with Gasteiger partial charge in [-0.05, 0) is 13.0 Å². The van der Waals surface area contributed by atoms with E-state index >= 15 is 0 Å². The largest absolute Gasteiger partial charge is 0.465 e. The maximum Gasteiger partial charge on any atom is 0.325 e. The molecule has 16 heavy (non-hydrogen) atoms. The van der Waals surface area contributed by atoms with E-state index in [9.17, 15) is 4.79 Å². The molecule has 0 bridgehead atoms. The van der Waals surface area contributed by atoms with Gasteiger partial charge < -0.3 is 15.8 Å². The maximum absolute atomic E-state index is 11.0. The van der Waals surface area contributed by atoms with Gasteiger partial charge in [-0.3, -0.25) is 4.79 Å². The van der Waals surface area contributed by atoms with Gasteiger partial charge in [-0.15, -0.1) is 0 Å². The highest BCUT2D eigenvalue weighted by atomic mass is 16.5. The molecule has 0 saturated carbocycles. The van der Waals surface area contributed by atoms with Gasteiger partial charge >= 0.3 is 5.97 Å². The molecule has 6 nitrogen and oxygen atoms in total. The highest BCUT2D eigenvalue weighted by Gasteiger charge is 2.05. The fourth-order valence-corrected chi connectivity index (χ4v) is 1.06. The molecule has 0 unspecified atom stereocenters. The summed E-state index contributed by atoms with van der Waals surface area (Å²) in [6.07, 6.45) is 1.38. The Kier molecular flexibility index (Phi) is 4.09. The summed E-state index contributed by atoms with van der Waals surface area (Å²) in [6.45, 7) is 2.06. The zero-order valence-corrected chi connectivity index (χ0v) is 8.86. The quantitative estimate of drug-likeness (QED) is 0.717. The van der Waals surface area contributed by atoms with Gasteiger partial charge in [-0.2, -0.15) is 5.26 Å². The Labute approximate surface area is 93.0 Å². The standard InChI is InChI=1S/C10H12N4O2/c1-2-16-9(15)6-14-10-8(12)3-7(4-11)5-13-10/h3,5H,2,6,12H2,1H3,(H,13,14). The van der Waals surface area contributed by atoms with E-state index in [0.29, 0.717) is 23.7 Å². The number of ether oxygens (including phenoxy) is 1. The fourth-order valence-electron chi connectivity index (χ4n) is 1.06. The number of hydrogen-bond donors (Lipinski definition) is 2. The molecule has 1 aromatic rings. The van der Waals surface area contributed by atoms with Crippen molar-refractivity contribution in [2.24, 2.45) is 0 Å². The number of nitrogens with zero attached hydrogens (tertiary/aromatic N) is 2. The topological polar surface area (TPSA) is 101 Å². The Morgan fingerprint density at radius 2 is 2.50 bits per heavy atom. The number of carbonyl (C=O) groups is 1. The van der Waals surface area contributed by atoms with E-state index in [1.165, 1.54) is 12.3 Å². The van der Waals surface area contributed by atoms with Crippen molar-refractivity contribution in [3.63, 3.8) is 0 Å². The van der Waals surface area contributed by atoms with Gasteiger partial charge in [0.1, 0.15) is 18.4 Å². The van der Waals surface area contributed by atoms with E-state index in [1.807, 2.05) is 6.07 Å². The molecule has 1 rings (SSSR count). The Morgan fingerprint density at radius 1 is 1.75 bits per heavy atom. The number of carbonyl (C=O) groups excluding carboxylic acids is 1. The lowest BCUT2D eigenvalue weighted by Crippen LogP contribution is -2.18. The molecule has 0 saturated heterocycles. The van der Waals surface area contributed by atoms with E-state index in [2.05, 4.69) is 10.3 Å². The van der Waals surface area contributed by atoms with Gasteiger partial charge in [-0.25, -0.2) is 4.98 Å². The number of nitrogens with two attached hydrogens (primary N) is 1. The van der Waals surface area contributed by atoms with Gasteiger partial charge in [0, 0.05) is 6.20 Å².